The molecule has 208 valence electrons. The van der Waals surface area contributed by atoms with Crippen molar-refractivity contribution in [2.45, 2.75) is 64.5 Å². The van der Waals surface area contributed by atoms with Crippen molar-refractivity contribution >= 4 is 33.5 Å². The average molecular weight is 546 g/mol. The highest BCUT2D eigenvalue weighted by molar-refractivity contribution is 7.89. The maximum atomic E-state index is 13.1. The third kappa shape index (κ3) is 8.42. The molecule has 1 atom stereocenters. The molecule has 0 spiro atoms. The number of amides is 2. The molecule has 1 unspecified atom stereocenters. The number of carbonyl (C=O) groups is 2. The van der Waals surface area contributed by atoms with Crippen molar-refractivity contribution < 1.29 is 22.7 Å². The van der Waals surface area contributed by atoms with E-state index in [9.17, 15) is 18.0 Å². The van der Waals surface area contributed by atoms with Gasteiger partial charge in [-0.05, 0) is 64.3 Å². The van der Waals surface area contributed by atoms with Crippen molar-refractivity contribution in [1.82, 2.24) is 14.6 Å². The lowest BCUT2D eigenvalue weighted by molar-refractivity contribution is -0.118. The Balaban J connectivity index is 1.61. The number of rotatable bonds is 8. The molecule has 11 heteroatoms. The first-order valence-corrected chi connectivity index (χ1v) is 14.3. The number of carbonyl (C=O) groups excluding carboxylic acids is 2. The number of pyridine rings is 1. The zero-order valence-electron chi connectivity index (χ0n) is 23.0. The summed E-state index contributed by atoms with van der Waals surface area (Å²) >= 11 is 0. The molecule has 1 aromatic carbocycles. The van der Waals surface area contributed by atoms with Gasteiger partial charge < -0.3 is 19.9 Å². The van der Waals surface area contributed by atoms with Gasteiger partial charge in [-0.3, -0.25) is 4.79 Å². The number of benzene rings is 1. The molecule has 2 heterocycles. The van der Waals surface area contributed by atoms with Crippen LogP contribution < -0.4 is 14.9 Å². The van der Waals surface area contributed by atoms with Gasteiger partial charge >= 0.3 is 6.09 Å². The highest BCUT2D eigenvalue weighted by atomic mass is 32.2. The number of ether oxygens (including phenoxy) is 1. The Kier molecular flexibility index (Phi) is 9.37. The summed E-state index contributed by atoms with van der Waals surface area (Å²) in [7, 11) is -3.87. The highest BCUT2D eigenvalue weighted by Gasteiger charge is 2.28. The van der Waals surface area contributed by atoms with Crippen LogP contribution in [0, 0.1) is 12.8 Å². The SMILES string of the molecule is Cc1ccc(S(=O)(=O)NC(CC(C)C)C(=O)Nc2ccc(N3CCN(C(=O)OC(C)(C)C)CC3)nc2)cc1. The number of nitrogens with one attached hydrogen (secondary N) is 2. The van der Waals surface area contributed by atoms with Crippen molar-refractivity contribution in [2.24, 2.45) is 5.92 Å². The van der Waals surface area contributed by atoms with Gasteiger partial charge in [0.2, 0.25) is 15.9 Å². The fraction of sp³-hybridized carbons (Fsp3) is 0.519. The molecule has 1 saturated heterocycles. The Morgan fingerprint density at radius 1 is 1.03 bits per heavy atom. The van der Waals surface area contributed by atoms with Gasteiger partial charge in [0.05, 0.1) is 16.8 Å². The van der Waals surface area contributed by atoms with Gasteiger partial charge in [0.25, 0.3) is 0 Å². The summed E-state index contributed by atoms with van der Waals surface area (Å²) in [5, 5.41) is 2.79. The topological polar surface area (TPSA) is 121 Å². The molecule has 1 fully saturated rings. The minimum absolute atomic E-state index is 0.0892. The van der Waals surface area contributed by atoms with E-state index in [2.05, 4.69) is 19.9 Å². The van der Waals surface area contributed by atoms with Gasteiger partial charge in [0, 0.05) is 26.2 Å². The van der Waals surface area contributed by atoms with Crippen LogP contribution in [0.5, 0.6) is 0 Å². The van der Waals surface area contributed by atoms with Crippen LogP contribution in [0.3, 0.4) is 0 Å². The molecule has 2 aromatic rings. The van der Waals surface area contributed by atoms with Crippen LogP contribution in [0.1, 0.15) is 46.6 Å². The maximum absolute atomic E-state index is 13.1. The first-order valence-electron chi connectivity index (χ1n) is 12.8. The van der Waals surface area contributed by atoms with E-state index in [1.54, 1.807) is 35.4 Å². The fourth-order valence-corrected chi connectivity index (χ4v) is 5.18. The predicted molar refractivity (Wildman–Crippen MR) is 148 cm³/mol. The summed E-state index contributed by atoms with van der Waals surface area (Å²) in [6, 6.07) is 9.08. The fourth-order valence-electron chi connectivity index (χ4n) is 3.97. The van der Waals surface area contributed by atoms with Crippen LogP contribution in [0.2, 0.25) is 0 Å². The van der Waals surface area contributed by atoms with Crippen molar-refractivity contribution in [2.75, 3.05) is 36.4 Å². The van der Waals surface area contributed by atoms with Crippen LogP contribution in [0.25, 0.3) is 0 Å². The smallest absolute Gasteiger partial charge is 0.410 e. The molecular weight excluding hydrogens is 506 g/mol. The van der Waals surface area contributed by atoms with Crippen LogP contribution in [0.15, 0.2) is 47.5 Å². The van der Waals surface area contributed by atoms with E-state index in [1.807, 2.05) is 41.5 Å². The molecule has 2 amide bonds. The van der Waals surface area contributed by atoms with E-state index in [1.165, 1.54) is 12.1 Å². The van der Waals surface area contributed by atoms with Gasteiger partial charge in [-0.1, -0.05) is 31.5 Å². The zero-order valence-corrected chi connectivity index (χ0v) is 23.8. The second-order valence-corrected chi connectivity index (χ2v) is 12.7. The van der Waals surface area contributed by atoms with Crippen LogP contribution >= 0.6 is 0 Å². The lowest BCUT2D eigenvalue weighted by atomic mass is 10.0. The van der Waals surface area contributed by atoms with Gasteiger partial charge in [0.15, 0.2) is 0 Å². The highest BCUT2D eigenvalue weighted by Crippen LogP contribution is 2.19. The monoisotopic (exact) mass is 545 g/mol. The number of hydrogen-bond acceptors (Lipinski definition) is 7. The molecule has 1 aliphatic rings. The number of anilines is 2. The van der Waals surface area contributed by atoms with Crippen molar-refractivity contribution in [1.29, 1.82) is 0 Å². The normalized spacial score (nSPS) is 15.3. The minimum Gasteiger partial charge on any atom is -0.444 e. The van der Waals surface area contributed by atoms with E-state index >= 15 is 0 Å². The van der Waals surface area contributed by atoms with Crippen molar-refractivity contribution in [3.8, 4) is 0 Å². The van der Waals surface area contributed by atoms with Gasteiger partial charge in [-0.2, -0.15) is 4.72 Å². The van der Waals surface area contributed by atoms with E-state index in [0.29, 0.717) is 38.3 Å². The van der Waals surface area contributed by atoms with E-state index in [-0.39, 0.29) is 16.9 Å². The van der Waals surface area contributed by atoms with Gasteiger partial charge in [0.1, 0.15) is 17.5 Å². The summed E-state index contributed by atoms with van der Waals surface area (Å²) < 4.78 is 33.8. The van der Waals surface area contributed by atoms with E-state index in [4.69, 9.17) is 4.74 Å². The average Bonchev–Trinajstić information content (AvgIpc) is 2.83. The second kappa shape index (κ2) is 12.1. The Bertz CT molecular complexity index is 1200. The Hall–Kier alpha value is -3.18. The maximum Gasteiger partial charge on any atom is 0.410 e. The molecule has 0 radical (unpaired) electrons. The van der Waals surface area contributed by atoms with E-state index < -0.39 is 27.6 Å². The molecule has 0 aliphatic carbocycles. The Morgan fingerprint density at radius 2 is 1.66 bits per heavy atom. The third-order valence-corrected chi connectivity index (χ3v) is 7.41. The third-order valence-electron chi connectivity index (χ3n) is 5.92. The molecule has 1 aliphatic heterocycles. The largest absolute Gasteiger partial charge is 0.444 e. The summed E-state index contributed by atoms with van der Waals surface area (Å²) in [4.78, 5) is 33.7. The standard InChI is InChI=1S/C27H39N5O5S/c1-19(2)17-23(30-38(35,36)22-10-7-20(3)8-11-22)25(33)29-21-9-12-24(28-18-21)31-13-15-32(16-14-31)26(34)37-27(4,5)6/h7-12,18-19,23,30H,13-17H2,1-6H3,(H,29,33). The summed E-state index contributed by atoms with van der Waals surface area (Å²) in [5.41, 5.74) is 0.876. The van der Waals surface area contributed by atoms with Crippen LogP contribution in [-0.2, 0) is 19.6 Å². The molecule has 10 nitrogen and oxygen atoms in total. The Morgan fingerprint density at radius 3 is 2.18 bits per heavy atom. The summed E-state index contributed by atoms with van der Waals surface area (Å²) in [6.07, 6.45) is 1.57. The molecular formula is C27H39N5O5S. The molecule has 0 bridgehead atoms. The van der Waals surface area contributed by atoms with Gasteiger partial charge in [-0.15, -0.1) is 0 Å². The number of piperazine rings is 1. The molecule has 0 saturated carbocycles. The second-order valence-electron chi connectivity index (χ2n) is 11.0. The molecule has 2 N–H and O–H groups in total. The Labute approximate surface area is 225 Å². The van der Waals surface area contributed by atoms with Crippen LogP contribution in [-0.4, -0.2) is 68.1 Å². The number of nitrogens with zero attached hydrogens (tertiary/aromatic N) is 3. The zero-order chi connectivity index (χ0) is 28.1. The first-order chi connectivity index (χ1) is 17.7. The molecule has 38 heavy (non-hydrogen) atoms. The minimum atomic E-state index is -3.87. The lowest BCUT2D eigenvalue weighted by Gasteiger charge is -2.36. The number of aryl methyl sites for hydroxylation is 1. The summed E-state index contributed by atoms with van der Waals surface area (Å²) in [5.74, 6) is 0.367. The predicted octanol–water partition coefficient (Wildman–Crippen LogP) is 3.78. The number of hydrogen-bond donors (Lipinski definition) is 2. The van der Waals surface area contributed by atoms with Crippen LogP contribution in [0.4, 0.5) is 16.3 Å². The number of aromatic nitrogens is 1. The molecule has 1 aromatic heterocycles. The molecule has 3 rings (SSSR count). The van der Waals surface area contributed by atoms with E-state index in [0.717, 1.165) is 11.4 Å². The van der Waals surface area contributed by atoms with Gasteiger partial charge in [-0.25, -0.2) is 18.2 Å². The lowest BCUT2D eigenvalue weighted by Crippen LogP contribution is -2.50. The first kappa shape index (κ1) is 29.4. The quantitative estimate of drug-likeness (QED) is 0.518. The van der Waals surface area contributed by atoms with Crippen molar-refractivity contribution in [3.05, 3.63) is 48.2 Å². The number of sulfonamides is 1. The van der Waals surface area contributed by atoms with Crippen molar-refractivity contribution in [3.63, 3.8) is 0 Å². The summed E-state index contributed by atoms with van der Waals surface area (Å²) in [6.45, 7) is 13.5.